The molecule has 0 aliphatic rings. The SMILES string of the molecule is CCOC(=O)C(C)c1nnc(C)n1C. The smallest absolute Gasteiger partial charge is 0.316 e. The quantitative estimate of drug-likeness (QED) is 0.672. The van der Waals surface area contributed by atoms with Crippen LogP contribution in [-0.2, 0) is 16.6 Å². The van der Waals surface area contributed by atoms with Gasteiger partial charge in [-0.05, 0) is 20.8 Å². The van der Waals surface area contributed by atoms with Crippen LogP contribution in [0.1, 0.15) is 31.4 Å². The molecule has 0 aliphatic heterocycles. The van der Waals surface area contributed by atoms with Gasteiger partial charge in [0.25, 0.3) is 0 Å². The van der Waals surface area contributed by atoms with Crippen molar-refractivity contribution in [2.75, 3.05) is 6.61 Å². The number of aryl methyl sites for hydroxylation is 1. The minimum Gasteiger partial charge on any atom is -0.465 e. The van der Waals surface area contributed by atoms with Gasteiger partial charge in [0.1, 0.15) is 17.6 Å². The molecule has 1 rings (SSSR count). The largest absolute Gasteiger partial charge is 0.465 e. The summed E-state index contributed by atoms with van der Waals surface area (Å²) in [7, 11) is 1.83. The molecule has 1 unspecified atom stereocenters. The third-order valence-corrected chi connectivity index (χ3v) is 2.15. The van der Waals surface area contributed by atoms with E-state index in [0.29, 0.717) is 12.4 Å². The van der Waals surface area contributed by atoms with Crippen LogP contribution in [-0.4, -0.2) is 27.3 Å². The molecule has 0 saturated heterocycles. The Bertz CT molecular complexity index is 333. The first-order valence-corrected chi connectivity index (χ1v) is 4.60. The fourth-order valence-electron chi connectivity index (χ4n) is 1.17. The lowest BCUT2D eigenvalue weighted by Gasteiger charge is -2.09. The first-order chi connectivity index (χ1) is 6.57. The van der Waals surface area contributed by atoms with E-state index in [-0.39, 0.29) is 11.9 Å². The number of carbonyl (C=O) groups excluding carboxylic acids is 1. The van der Waals surface area contributed by atoms with Crippen molar-refractivity contribution in [2.45, 2.75) is 26.7 Å². The average molecular weight is 197 g/mol. The van der Waals surface area contributed by atoms with Crippen LogP contribution in [0.25, 0.3) is 0 Å². The number of rotatable bonds is 3. The van der Waals surface area contributed by atoms with Crippen LogP contribution in [0, 0.1) is 6.92 Å². The Balaban J connectivity index is 2.83. The average Bonchev–Trinajstić information content (AvgIpc) is 2.47. The zero-order valence-corrected chi connectivity index (χ0v) is 8.94. The lowest BCUT2D eigenvalue weighted by molar-refractivity contribution is -0.144. The summed E-state index contributed by atoms with van der Waals surface area (Å²) in [5.74, 6) is 0.807. The molecule has 0 bridgehead atoms. The highest BCUT2D eigenvalue weighted by Gasteiger charge is 2.21. The van der Waals surface area contributed by atoms with Crippen LogP contribution >= 0.6 is 0 Å². The molecule has 1 heterocycles. The maximum absolute atomic E-state index is 11.4. The maximum atomic E-state index is 11.4. The molecule has 5 nitrogen and oxygen atoms in total. The van der Waals surface area contributed by atoms with Gasteiger partial charge in [-0.3, -0.25) is 4.79 Å². The maximum Gasteiger partial charge on any atom is 0.316 e. The second kappa shape index (κ2) is 4.21. The molecular weight excluding hydrogens is 182 g/mol. The summed E-state index contributed by atoms with van der Waals surface area (Å²) in [6.45, 7) is 5.78. The fourth-order valence-corrected chi connectivity index (χ4v) is 1.17. The second-order valence-corrected chi connectivity index (χ2v) is 3.14. The van der Waals surface area contributed by atoms with Gasteiger partial charge in [-0.15, -0.1) is 10.2 Å². The summed E-state index contributed by atoms with van der Waals surface area (Å²) in [5.41, 5.74) is 0. The van der Waals surface area contributed by atoms with Crippen LogP contribution < -0.4 is 0 Å². The van der Waals surface area contributed by atoms with E-state index < -0.39 is 0 Å². The van der Waals surface area contributed by atoms with Gasteiger partial charge in [0.05, 0.1) is 6.61 Å². The predicted molar refractivity (Wildman–Crippen MR) is 50.8 cm³/mol. The van der Waals surface area contributed by atoms with E-state index in [2.05, 4.69) is 10.2 Å². The van der Waals surface area contributed by atoms with Gasteiger partial charge in [-0.2, -0.15) is 0 Å². The molecule has 0 N–H and O–H groups in total. The Morgan fingerprint density at radius 3 is 2.64 bits per heavy atom. The lowest BCUT2D eigenvalue weighted by atomic mass is 10.2. The van der Waals surface area contributed by atoms with Crippen LogP contribution in [0.5, 0.6) is 0 Å². The van der Waals surface area contributed by atoms with Crippen molar-refractivity contribution in [1.82, 2.24) is 14.8 Å². The Labute approximate surface area is 83.1 Å². The Morgan fingerprint density at radius 2 is 2.21 bits per heavy atom. The molecule has 1 atom stereocenters. The zero-order valence-electron chi connectivity index (χ0n) is 8.94. The van der Waals surface area contributed by atoms with Gasteiger partial charge in [-0.25, -0.2) is 0 Å². The van der Waals surface area contributed by atoms with E-state index in [1.165, 1.54) is 0 Å². The normalized spacial score (nSPS) is 12.6. The van der Waals surface area contributed by atoms with Crippen LogP contribution in [0.4, 0.5) is 0 Å². The first-order valence-electron chi connectivity index (χ1n) is 4.60. The molecule has 0 saturated carbocycles. The number of aromatic nitrogens is 3. The number of hydrogen-bond acceptors (Lipinski definition) is 4. The number of ether oxygens (including phenoxy) is 1. The Morgan fingerprint density at radius 1 is 1.57 bits per heavy atom. The summed E-state index contributed by atoms with van der Waals surface area (Å²) in [6.07, 6.45) is 0. The monoisotopic (exact) mass is 197 g/mol. The predicted octanol–water partition coefficient (Wildman–Crippen LogP) is 0.790. The molecule has 78 valence electrons. The van der Waals surface area contributed by atoms with Crippen molar-refractivity contribution in [3.8, 4) is 0 Å². The van der Waals surface area contributed by atoms with E-state index in [0.717, 1.165) is 5.82 Å². The molecule has 0 amide bonds. The highest BCUT2D eigenvalue weighted by molar-refractivity contribution is 5.76. The molecular formula is C9H15N3O2. The molecule has 0 radical (unpaired) electrons. The van der Waals surface area contributed by atoms with Crippen molar-refractivity contribution >= 4 is 5.97 Å². The van der Waals surface area contributed by atoms with Crippen molar-refractivity contribution < 1.29 is 9.53 Å². The van der Waals surface area contributed by atoms with Gasteiger partial charge in [0.2, 0.25) is 0 Å². The molecule has 0 aromatic carbocycles. The minimum absolute atomic E-state index is 0.261. The van der Waals surface area contributed by atoms with Gasteiger partial charge < -0.3 is 9.30 Å². The lowest BCUT2D eigenvalue weighted by Crippen LogP contribution is -2.16. The number of esters is 1. The van der Waals surface area contributed by atoms with Gasteiger partial charge in [-0.1, -0.05) is 0 Å². The van der Waals surface area contributed by atoms with E-state index in [1.54, 1.807) is 18.4 Å². The third-order valence-electron chi connectivity index (χ3n) is 2.15. The van der Waals surface area contributed by atoms with Gasteiger partial charge in [0.15, 0.2) is 0 Å². The van der Waals surface area contributed by atoms with Crippen molar-refractivity contribution in [3.05, 3.63) is 11.6 Å². The summed E-state index contributed by atoms with van der Waals surface area (Å²) in [5, 5.41) is 7.82. The highest BCUT2D eigenvalue weighted by atomic mass is 16.5. The standard InChI is InChI=1S/C9H15N3O2/c1-5-14-9(13)6(2)8-11-10-7(3)12(8)4/h6H,5H2,1-4H3. The van der Waals surface area contributed by atoms with E-state index in [9.17, 15) is 4.79 Å². The fraction of sp³-hybridized carbons (Fsp3) is 0.667. The molecule has 0 spiro atoms. The topological polar surface area (TPSA) is 57.0 Å². The third kappa shape index (κ3) is 1.92. The minimum atomic E-state index is -0.360. The van der Waals surface area contributed by atoms with Crippen LogP contribution in [0.15, 0.2) is 0 Å². The molecule has 14 heavy (non-hydrogen) atoms. The molecule has 1 aromatic heterocycles. The van der Waals surface area contributed by atoms with Gasteiger partial charge >= 0.3 is 5.97 Å². The Hall–Kier alpha value is -1.39. The van der Waals surface area contributed by atoms with E-state index in [4.69, 9.17) is 4.74 Å². The molecule has 5 heteroatoms. The van der Waals surface area contributed by atoms with Crippen LogP contribution in [0.3, 0.4) is 0 Å². The van der Waals surface area contributed by atoms with Crippen LogP contribution in [0.2, 0.25) is 0 Å². The first kappa shape index (κ1) is 10.7. The number of hydrogen-bond donors (Lipinski definition) is 0. The van der Waals surface area contributed by atoms with Crippen molar-refractivity contribution in [1.29, 1.82) is 0 Å². The second-order valence-electron chi connectivity index (χ2n) is 3.14. The Kier molecular flexibility index (Phi) is 3.22. The van der Waals surface area contributed by atoms with E-state index in [1.807, 2.05) is 14.0 Å². The molecule has 0 aliphatic carbocycles. The number of carbonyl (C=O) groups is 1. The van der Waals surface area contributed by atoms with Gasteiger partial charge in [0, 0.05) is 7.05 Å². The highest BCUT2D eigenvalue weighted by Crippen LogP contribution is 2.14. The summed E-state index contributed by atoms with van der Waals surface area (Å²) >= 11 is 0. The summed E-state index contributed by atoms with van der Waals surface area (Å²) < 4.78 is 6.70. The van der Waals surface area contributed by atoms with Crippen molar-refractivity contribution in [3.63, 3.8) is 0 Å². The summed E-state index contributed by atoms with van der Waals surface area (Å²) in [6, 6.07) is 0. The molecule has 0 fully saturated rings. The van der Waals surface area contributed by atoms with E-state index >= 15 is 0 Å². The van der Waals surface area contributed by atoms with Crippen molar-refractivity contribution in [2.24, 2.45) is 7.05 Å². The molecule has 1 aromatic rings. The number of nitrogens with zero attached hydrogens (tertiary/aromatic N) is 3. The summed E-state index contributed by atoms with van der Waals surface area (Å²) in [4.78, 5) is 11.4. The zero-order chi connectivity index (χ0) is 10.7.